The molecule has 0 aromatic carbocycles. The predicted octanol–water partition coefficient (Wildman–Crippen LogP) is 3.07. The van der Waals surface area contributed by atoms with Crippen LogP contribution in [-0.4, -0.2) is 41.7 Å². The summed E-state index contributed by atoms with van der Waals surface area (Å²) in [5.41, 5.74) is -2.65. The molecule has 4 aliphatic rings. The fraction of sp³-hybridized carbons (Fsp3) is 0.875. The van der Waals surface area contributed by atoms with Crippen LogP contribution in [0.4, 0.5) is 13.2 Å². The number of carbonyl (C=O) groups is 2. The minimum absolute atomic E-state index is 0.0327. The van der Waals surface area contributed by atoms with E-state index in [1.54, 1.807) is 0 Å². The van der Waals surface area contributed by atoms with Gasteiger partial charge in [-0.3, -0.25) is 9.59 Å². The molecule has 0 saturated heterocycles. The van der Waals surface area contributed by atoms with Crippen molar-refractivity contribution in [2.45, 2.75) is 51.1 Å². The van der Waals surface area contributed by atoms with Gasteiger partial charge in [-0.1, -0.05) is 0 Å². The van der Waals surface area contributed by atoms with Gasteiger partial charge in [-0.25, -0.2) is 0 Å². The van der Waals surface area contributed by atoms with Crippen LogP contribution in [0.3, 0.4) is 0 Å². The molecule has 4 nitrogen and oxygen atoms in total. The van der Waals surface area contributed by atoms with Crippen molar-refractivity contribution in [2.75, 3.05) is 13.6 Å². The first kappa shape index (κ1) is 16.6. The first-order valence-electron chi connectivity index (χ1n) is 8.11. The number of hydrogen-bond acceptors (Lipinski definition) is 2. The van der Waals surface area contributed by atoms with Gasteiger partial charge in [-0.2, -0.15) is 13.2 Å². The molecule has 0 spiro atoms. The van der Waals surface area contributed by atoms with Crippen molar-refractivity contribution in [3.63, 3.8) is 0 Å². The van der Waals surface area contributed by atoms with Crippen molar-refractivity contribution in [2.24, 2.45) is 22.7 Å². The Bertz CT molecular complexity index is 517. The molecule has 4 saturated carbocycles. The Morgan fingerprint density at radius 1 is 1.17 bits per heavy atom. The molecular weight excluding hydrogens is 311 g/mol. The Kier molecular flexibility index (Phi) is 3.69. The fourth-order valence-electron chi connectivity index (χ4n) is 5.61. The van der Waals surface area contributed by atoms with E-state index in [0.29, 0.717) is 12.8 Å². The number of carboxylic acids is 1. The van der Waals surface area contributed by atoms with E-state index in [-0.39, 0.29) is 50.0 Å². The molecule has 2 unspecified atom stereocenters. The van der Waals surface area contributed by atoms with E-state index in [1.165, 1.54) is 11.9 Å². The quantitative estimate of drug-likeness (QED) is 0.860. The van der Waals surface area contributed by atoms with E-state index in [2.05, 4.69) is 0 Å². The van der Waals surface area contributed by atoms with Gasteiger partial charge in [0.1, 0.15) is 0 Å². The predicted molar refractivity (Wildman–Crippen MR) is 75.5 cm³/mol. The average molecular weight is 333 g/mol. The molecule has 4 rings (SSSR count). The summed E-state index contributed by atoms with van der Waals surface area (Å²) in [6.07, 6.45) is -2.42. The SMILES string of the molecule is CN(CCC(=O)O)C(=O)C12CC3CC(C1)CC(C(F)(F)F)(C3)C2. The molecule has 2 atom stereocenters. The van der Waals surface area contributed by atoms with E-state index >= 15 is 0 Å². The molecule has 4 bridgehead atoms. The van der Waals surface area contributed by atoms with Gasteiger partial charge in [0.2, 0.25) is 5.91 Å². The van der Waals surface area contributed by atoms with Gasteiger partial charge >= 0.3 is 12.1 Å². The third-order valence-corrected chi connectivity index (χ3v) is 6.12. The lowest BCUT2D eigenvalue weighted by atomic mass is 9.43. The summed E-state index contributed by atoms with van der Waals surface area (Å²) in [7, 11) is 1.50. The summed E-state index contributed by atoms with van der Waals surface area (Å²) < 4.78 is 41.1. The summed E-state index contributed by atoms with van der Waals surface area (Å²) in [5.74, 6) is -1.37. The molecule has 0 heterocycles. The Hall–Kier alpha value is -1.27. The number of rotatable bonds is 4. The zero-order valence-electron chi connectivity index (χ0n) is 13.2. The molecule has 1 amide bonds. The van der Waals surface area contributed by atoms with Gasteiger partial charge in [0.05, 0.1) is 17.3 Å². The number of hydrogen-bond donors (Lipinski definition) is 1. The van der Waals surface area contributed by atoms with Crippen LogP contribution in [-0.2, 0) is 9.59 Å². The van der Waals surface area contributed by atoms with Gasteiger partial charge in [0, 0.05) is 13.6 Å². The number of amides is 1. The van der Waals surface area contributed by atoms with E-state index in [0.717, 1.165) is 6.42 Å². The molecule has 7 heteroatoms. The number of carbonyl (C=O) groups excluding carboxylic acids is 1. The zero-order valence-corrected chi connectivity index (χ0v) is 13.2. The second kappa shape index (κ2) is 5.11. The number of nitrogens with zero attached hydrogens (tertiary/aromatic N) is 1. The third-order valence-electron chi connectivity index (χ3n) is 6.12. The fourth-order valence-corrected chi connectivity index (χ4v) is 5.61. The average Bonchev–Trinajstić information content (AvgIpc) is 2.41. The summed E-state index contributed by atoms with van der Waals surface area (Å²) in [4.78, 5) is 24.8. The third kappa shape index (κ3) is 2.62. The van der Waals surface area contributed by atoms with Crippen LogP contribution in [0.1, 0.15) is 44.9 Å². The van der Waals surface area contributed by atoms with Crippen LogP contribution >= 0.6 is 0 Å². The van der Waals surface area contributed by atoms with Gasteiger partial charge in [-0.05, 0) is 50.4 Å². The van der Waals surface area contributed by atoms with Crippen LogP contribution in [0, 0.1) is 22.7 Å². The first-order chi connectivity index (χ1) is 10.6. The molecule has 0 aromatic heterocycles. The van der Waals surface area contributed by atoms with E-state index in [1.807, 2.05) is 0 Å². The summed E-state index contributed by atoms with van der Waals surface area (Å²) in [6, 6.07) is 0. The van der Waals surface area contributed by atoms with Gasteiger partial charge < -0.3 is 10.0 Å². The molecule has 0 aliphatic heterocycles. The summed E-state index contributed by atoms with van der Waals surface area (Å²) in [6.45, 7) is 0.0459. The first-order valence-corrected chi connectivity index (χ1v) is 8.11. The van der Waals surface area contributed by atoms with Crippen molar-refractivity contribution < 1.29 is 27.9 Å². The number of carboxylic acid groups (broad SMARTS) is 1. The van der Waals surface area contributed by atoms with Gasteiger partial charge in [-0.15, -0.1) is 0 Å². The van der Waals surface area contributed by atoms with Crippen LogP contribution in [0.25, 0.3) is 0 Å². The van der Waals surface area contributed by atoms with Crippen LogP contribution in [0.5, 0.6) is 0 Å². The maximum Gasteiger partial charge on any atom is 0.394 e. The van der Waals surface area contributed by atoms with Crippen LogP contribution in [0.2, 0.25) is 0 Å². The molecule has 4 fully saturated rings. The highest BCUT2D eigenvalue weighted by atomic mass is 19.4. The molecule has 130 valence electrons. The summed E-state index contributed by atoms with van der Waals surface area (Å²) >= 11 is 0. The Balaban J connectivity index is 1.84. The van der Waals surface area contributed by atoms with Gasteiger partial charge in [0.15, 0.2) is 0 Å². The van der Waals surface area contributed by atoms with E-state index < -0.39 is 23.0 Å². The smallest absolute Gasteiger partial charge is 0.394 e. The van der Waals surface area contributed by atoms with Crippen molar-refractivity contribution in [1.82, 2.24) is 4.90 Å². The van der Waals surface area contributed by atoms with Crippen LogP contribution in [0.15, 0.2) is 0 Å². The van der Waals surface area contributed by atoms with Crippen LogP contribution < -0.4 is 0 Å². The Labute approximate surface area is 133 Å². The highest BCUT2D eigenvalue weighted by Gasteiger charge is 2.69. The second-order valence-corrected chi connectivity index (χ2v) is 7.89. The number of halogens is 3. The standard InChI is InChI=1S/C16H22F3NO3/c1-20(3-2-12(21)22)13(23)14-5-10-4-11(6-14)8-15(7-10,9-14)16(17,18)19/h10-11H,2-9H2,1H3,(H,21,22). The normalized spacial score (nSPS) is 38.6. The van der Waals surface area contributed by atoms with Crippen molar-refractivity contribution in [3.8, 4) is 0 Å². The lowest BCUT2D eigenvalue weighted by molar-refractivity contribution is -0.284. The topological polar surface area (TPSA) is 57.6 Å². The largest absolute Gasteiger partial charge is 0.481 e. The highest BCUT2D eigenvalue weighted by molar-refractivity contribution is 5.83. The lowest BCUT2D eigenvalue weighted by Gasteiger charge is -2.61. The minimum Gasteiger partial charge on any atom is -0.481 e. The van der Waals surface area contributed by atoms with Crippen molar-refractivity contribution in [1.29, 1.82) is 0 Å². The molecular formula is C16H22F3NO3. The number of alkyl halides is 3. The van der Waals surface area contributed by atoms with Gasteiger partial charge in [0.25, 0.3) is 0 Å². The maximum atomic E-state index is 13.7. The maximum absolute atomic E-state index is 13.7. The highest BCUT2D eigenvalue weighted by Crippen LogP contribution is 2.69. The minimum atomic E-state index is -4.27. The Morgan fingerprint density at radius 3 is 2.22 bits per heavy atom. The molecule has 1 N–H and O–H groups in total. The molecule has 4 aliphatic carbocycles. The lowest BCUT2D eigenvalue weighted by Crippen LogP contribution is -2.61. The van der Waals surface area contributed by atoms with E-state index in [4.69, 9.17) is 5.11 Å². The van der Waals surface area contributed by atoms with Crippen molar-refractivity contribution >= 4 is 11.9 Å². The zero-order chi connectivity index (χ0) is 17.0. The Morgan fingerprint density at radius 2 is 1.74 bits per heavy atom. The second-order valence-electron chi connectivity index (χ2n) is 7.89. The number of aliphatic carboxylic acids is 1. The molecule has 23 heavy (non-hydrogen) atoms. The molecule has 0 radical (unpaired) electrons. The summed E-state index contributed by atoms with van der Waals surface area (Å²) in [5, 5.41) is 8.74. The monoisotopic (exact) mass is 333 g/mol. The van der Waals surface area contributed by atoms with Crippen molar-refractivity contribution in [3.05, 3.63) is 0 Å². The molecule has 0 aromatic rings. The van der Waals surface area contributed by atoms with E-state index in [9.17, 15) is 22.8 Å².